The van der Waals surface area contributed by atoms with E-state index in [4.69, 9.17) is 19.9 Å². The standard InChI is InChI=1S/C19H22N4O3/c1-19(2,3)16-15-14(10-6-11(24-4)8-12(7-10)25-5)13(9-20)17(21)26-18(15)23-22-16/h6-8,14H,21H2,1-5H3,(H,22,23)/t14-/m0/s1. The number of benzene rings is 1. The number of nitrogens with zero attached hydrogens (tertiary/aromatic N) is 2. The van der Waals surface area contributed by atoms with Crippen molar-refractivity contribution in [1.82, 2.24) is 10.2 Å². The lowest BCUT2D eigenvalue weighted by Crippen LogP contribution is -2.24. The molecule has 7 nitrogen and oxygen atoms in total. The molecule has 136 valence electrons. The summed E-state index contributed by atoms with van der Waals surface area (Å²) < 4.78 is 16.4. The molecule has 26 heavy (non-hydrogen) atoms. The third kappa shape index (κ3) is 2.84. The molecular formula is C19H22N4O3. The van der Waals surface area contributed by atoms with E-state index in [2.05, 4.69) is 37.0 Å². The summed E-state index contributed by atoms with van der Waals surface area (Å²) in [6.45, 7) is 6.20. The molecule has 0 spiro atoms. The van der Waals surface area contributed by atoms with Crippen LogP contribution in [0.5, 0.6) is 17.4 Å². The molecule has 1 aromatic heterocycles. The molecule has 2 aromatic rings. The van der Waals surface area contributed by atoms with Gasteiger partial charge in [0.2, 0.25) is 11.8 Å². The number of aromatic nitrogens is 2. The summed E-state index contributed by atoms with van der Waals surface area (Å²) in [6.07, 6.45) is 0. The average molecular weight is 354 g/mol. The van der Waals surface area contributed by atoms with Crippen LogP contribution in [0.2, 0.25) is 0 Å². The van der Waals surface area contributed by atoms with E-state index in [-0.39, 0.29) is 11.3 Å². The second kappa shape index (κ2) is 6.30. The first-order valence-corrected chi connectivity index (χ1v) is 8.19. The molecule has 0 aliphatic carbocycles. The van der Waals surface area contributed by atoms with Gasteiger partial charge in [-0.05, 0) is 17.7 Å². The van der Waals surface area contributed by atoms with Gasteiger partial charge in [0.1, 0.15) is 23.1 Å². The van der Waals surface area contributed by atoms with Gasteiger partial charge in [-0.1, -0.05) is 20.8 Å². The molecule has 1 aliphatic rings. The lowest BCUT2D eigenvalue weighted by molar-refractivity contribution is 0.376. The lowest BCUT2D eigenvalue weighted by Gasteiger charge is -2.27. The van der Waals surface area contributed by atoms with Crippen LogP contribution in [-0.2, 0) is 5.41 Å². The number of rotatable bonds is 3. The highest BCUT2D eigenvalue weighted by Gasteiger charge is 2.38. The van der Waals surface area contributed by atoms with Gasteiger partial charge in [-0.3, -0.25) is 5.10 Å². The van der Waals surface area contributed by atoms with Crippen molar-refractivity contribution >= 4 is 0 Å². The molecule has 0 saturated carbocycles. The quantitative estimate of drug-likeness (QED) is 0.878. The fraction of sp³-hybridized carbons (Fsp3) is 0.368. The number of nitrogens with one attached hydrogen (secondary N) is 1. The van der Waals surface area contributed by atoms with Crippen molar-refractivity contribution in [2.75, 3.05) is 14.2 Å². The first-order chi connectivity index (χ1) is 12.3. The number of hydrogen-bond acceptors (Lipinski definition) is 6. The molecule has 0 radical (unpaired) electrons. The van der Waals surface area contributed by atoms with E-state index < -0.39 is 5.92 Å². The van der Waals surface area contributed by atoms with Gasteiger partial charge >= 0.3 is 0 Å². The predicted octanol–water partition coefficient (Wildman–Crippen LogP) is 2.94. The van der Waals surface area contributed by atoms with Crippen LogP contribution in [0.15, 0.2) is 29.7 Å². The zero-order valence-corrected chi connectivity index (χ0v) is 15.5. The van der Waals surface area contributed by atoms with Gasteiger partial charge < -0.3 is 19.9 Å². The Morgan fingerprint density at radius 1 is 1.19 bits per heavy atom. The van der Waals surface area contributed by atoms with E-state index in [9.17, 15) is 5.26 Å². The summed E-state index contributed by atoms with van der Waals surface area (Å²) in [5.41, 5.74) is 8.63. The molecule has 7 heteroatoms. The summed E-state index contributed by atoms with van der Waals surface area (Å²) in [4.78, 5) is 0. The minimum absolute atomic E-state index is 0.0544. The van der Waals surface area contributed by atoms with Gasteiger partial charge in [-0.2, -0.15) is 5.26 Å². The molecule has 0 fully saturated rings. The third-order valence-electron chi connectivity index (χ3n) is 4.40. The Hall–Kier alpha value is -3.14. The van der Waals surface area contributed by atoms with E-state index in [0.717, 1.165) is 16.8 Å². The molecule has 3 N–H and O–H groups in total. The zero-order chi connectivity index (χ0) is 19.1. The Balaban J connectivity index is 2.29. The summed E-state index contributed by atoms with van der Waals surface area (Å²) in [5.74, 6) is 1.27. The van der Waals surface area contributed by atoms with Crippen LogP contribution >= 0.6 is 0 Å². The molecule has 0 saturated heterocycles. The average Bonchev–Trinajstić information content (AvgIpc) is 3.03. The fourth-order valence-corrected chi connectivity index (χ4v) is 3.15. The number of nitriles is 1. The van der Waals surface area contributed by atoms with E-state index in [1.165, 1.54) is 0 Å². The monoisotopic (exact) mass is 354 g/mol. The highest BCUT2D eigenvalue weighted by atomic mass is 16.5. The van der Waals surface area contributed by atoms with Gasteiger partial charge in [0.15, 0.2) is 0 Å². The smallest absolute Gasteiger partial charge is 0.244 e. The van der Waals surface area contributed by atoms with Crippen LogP contribution in [0.1, 0.15) is 43.5 Å². The molecule has 1 atom stereocenters. The first-order valence-electron chi connectivity index (χ1n) is 8.19. The largest absolute Gasteiger partial charge is 0.497 e. The van der Waals surface area contributed by atoms with Crippen molar-refractivity contribution < 1.29 is 14.2 Å². The molecule has 1 aliphatic heterocycles. The Morgan fingerprint density at radius 3 is 2.31 bits per heavy atom. The fourth-order valence-electron chi connectivity index (χ4n) is 3.15. The Kier molecular flexibility index (Phi) is 4.28. The van der Waals surface area contributed by atoms with Crippen LogP contribution < -0.4 is 19.9 Å². The summed E-state index contributed by atoms with van der Waals surface area (Å²) in [7, 11) is 3.17. The minimum Gasteiger partial charge on any atom is -0.497 e. The van der Waals surface area contributed by atoms with Crippen LogP contribution in [0.3, 0.4) is 0 Å². The molecule has 3 rings (SSSR count). The maximum atomic E-state index is 9.74. The van der Waals surface area contributed by atoms with Crippen molar-refractivity contribution in [1.29, 1.82) is 5.26 Å². The molecule has 0 bridgehead atoms. The van der Waals surface area contributed by atoms with Crippen molar-refractivity contribution in [3.05, 3.63) is 46.5 Å². The molecule has 1 aromatic carbocycles. The number of aromatic amines is 1. The van der Waals surface area contributed by atoms with Gasteiger partial charge in [0.05, 0.1) is 25.7 Å². The second-order valence-electron chi connectivity index (χ2n) is 7.14. The number of H-pyrrole nitrogens is 1. The van der Waals surface area contributed by atoms with Crippen LogP contribution in [-0.4, -0.2) is 24.4 Å². The SMILES string of the molecule is COc1cc(OC)cc([C@H]2C(C#N)=C(N)Oc3n[nH]c(C(C)(C)C)c32)c1. The summed E-state index contributed by atoms with van der Waals surface area (Å²) >= 11 is 0. The number of fused-ring (bicyclic) bond motifs is 1. The number of methoxy groups -OCH3 is 2. The number of hydrogen-bond donors (Lipinski definition) is 2. The zero-order valence-electron chi connectivity index (χ0n) is 15.5. The molecule has 0 amide bonds. The summed E-state index contributed by atoms with van der Waals surface area (Å²) in [5, 5.41) is 17.1. The lowest BCUT2D eigenvalue weighted by atomic mass is 9.78. The number of allylic oxidation sites excluding steroid dienone is 1. The van der Waals surface area contributed by atoms with Gasteiger partial charge in [0.25, 0.3) is 0 Å². The summed E-state index contributed by atoms with van der Waals surface area (Å²) in [6, 6.07) is 7.71. The topological polar surface area (TPSA) is 106 Å². The predicted molar refractivity (Wildman–Crippen MR) is 96.1 cm³/mol. The van der Waals surface area contributed by atoms with E-state index in [1.807, 2.05) is 12.1 Å². The van der Waals surface area contributed by atoms with Crippen LogP contribution in [0.25, 0.3) is 0 Å². The van der Waals surface area contributed by atoms with Crippen LogP contribution in [0, 0.1) is 11.3 Å². The Labute approximate surface area is 152 Å². The van der Waals surface area contributed by atoms with Crippen molar-refractivity contribution in [3.63, 3.8) is 0 Å². The second-order valence-corrected chi connectivity index (χ2v) is 7.14. The molecule has 2 heterocycles. The highest BCUT2D eigenvalue weighted by molar-refractivity contribution is 5.58. The third-order valence-corrected chi connectivity index (χ3v) is 4.40. The van der Waals surface area contributed by atoms with E-state index >= 15 is 0 Å². The normalized spacial score (nSPS) is 16.5. The first kappa shape index (κ1) is 17.7. The van der Waals surface area contributed by atoms with Gasteiger partial charge in [0, 0.05) is 17.2 Å². The van der Waals surface area contributed by atoms with Crippen LogP contribution in [0.4, 0.5) is 0 Å². The van der Waals surface area contributed by atoms with Crippen molar-refractivity contribution in [2.45, 2.75) is 32.1 Å². The number of ether oxygens (including phenoxy) is 3. The van der Waals surface area contributed by atoms with Gasteiger partial charge in [-0.15, -0.1) is 5.10 Å². The van der Waals surface area contributed by atoms with Crippen molar-refractivity contribution in [3.8, 4) is 23.4 Å². The highest BCUT2D eigenvalue weighted by Crippen LogP contribution is 2.46. The van der Waals surface area contributed by atoms with E-state index in [0.29, 0.717) is 23.0 Å². The maximum Gasteiger partial charge on any atom is 0.244 e. The van der Waals surface area contributed by atoms with Gasteiger partial charge in [-0.25, -0.2) is 0 Å². The van der Waals surface area contributed by atoms with E-state index in [1.54, 1.807) is 20.3 Å². The Morgan fingerprint density at radius 2 is 1.81 bits per heavy atom. The Bertz CT molecular complexity index is 894. The maximum absolute atomic E-state index is 9.74. The number of nitrogens with two attached hydrogens (primary N) is 1. The molecule has 0 unspecified atom stereocenters. The minimum atomic E-state index is -0.430. The molecular weight excluding hydrogens is 332 g/mol. The van der Waals surface area contributed by atoms with Crippen molar-refractivity contribution in [2.24, 2.45) is 5.73 Å².